The molecule has 6 heteroatoms. The van der Waals surface area contributed by atoms with Crippen LogP contribution in [0, 0.1) is 11.7 Å². The Bertz CT molecular complexity index is 766. The Hall–Kier alpha value is -2.24. The molecule has 2 atom stereocenters. The van der Waals surface area contributed by atoms with Gasteiger partial charge in [0.05, 0.1) is 0 Å². The lowest BCUT2D eigenvalue weighted by molar-refractivity contribution is -0.133. The molecule has 25 heavy (non-hydrogen) atoms. The van der Waals surface area contributed by atoms with E-state index in [4.69, 9.17) is 0 Å². The molecule has 0 spiro atoms. The van der Waals surface area contributed by atoms with Crippen LogP contribution in [0.2, 0.25) is 0 Å². The standard InChI is InChI=1S/C19H23FN4O/c1-2-23-12-21-22-18(23)13-6-8-24(9-7-13)19(25)17-11-16(17)14-4-3-5-15(20)10-14/h3-5,10,12-13,16-17H,2,6-9,11H2,1H3/t16-,17-/m0/s1. The van der Waals surface area contributed by atoms with Gasteiger partial charge in [0.1, 0.15) is 18.0 Å². The summed E-state index contributed by atoms with van der Waals surface area (Å²) in [6.07, 6.45) is 4.48. The zero-order valence-electron chi connectivity index (χ0n) is 14.4. The molecule has 4 rings (SSSR count). The van der Waals surface area contributed by atoms with E-state index in [-0.39, 0.29) is 23.6 Å². The van der Waals surface area contributed by atoms with E-state index >= 15 is 0 Å². The summed E-state index contributed by atoms with van der Waals surface area (Å²) < 4.78 is 15.5. The predicted molar refractivity (Wildman–Crippen MR) is 91.5 cm³/mol. The number of halogens is 1. The number of carbonyl (C=O) groups excluding carboxylic acids is 1. The van der Waals surface area contributed by atoms with Crippen molar-refractivity contribution in [1.29, 1.82) is 0 Å². The van der Waals surface area contributed by atoms with Crippen LogP contribution in [0.1, 0.15) is 49.4 Å². The SMILES string of the molecule is CCn1cnnc1C1CCN(C(=O)[C@H]2C[C@H]2c2cccc(F)c2)CC1. The number of piperidine rings is 1. The number of aromatic nitrogens is 3. The van der Waals surface area contributed by atoms with Crippen LogP contribution in [0.15, 0.2) is 30.6 Å². The summed E-state index contributed by atoms with van der Waals surface area (Å²) in [4.78, 5) is 14.7. The molecule has 132 valence electrons. The maximum Gasteiger partial charge on any atom is 0.226 e. The van der Waals surface area contributed by atoms with Gasteiger partial charge in [-0.2, -0.15) is 0 Å². The fourth-order valence-electron chi connectivity index (χ4n) is 3.99. The summed E-state index contributed by atoms with van der Waals surface area (Å²) >= 11 is 0. The van der Waals surface area contributed by atoms with Crippen molar-refractivity contribution in [2.75, 3.05) is 13.1 Å². The number of likely N-dealkylation sites (tertiary alicyclic amines) is 1. The van der Waals surface area contributed by atoms with Crippen LogP contribution in [0.3, 0.4) is 0 Å². The van der Waals surface area contributed by atoms with Gasteiger partial charge >= 0.3 is 0 Å². The minimum atomic E-state index is -0.226. The highest BCUT2D eigenvalue weighted by Gasteiger charge is 2.46. The fraction of sp³-hybridized carbons (Fsp3) is 0.526. The van der Waals surface area contributed by atoms with Crippen molar-refractivity contribution in [2.24, 2.45) is 5.92 Å². The molecule has 5 nitrogen and oxygen atoms in total. The molecule has 1 aliphatic heterocycles. The summed E-state index contributed by atoms with van der Waals surface area (Å²) in [7, 11) is 0. The molecule has 2 fully saturated rings. The molecular formula is C19H23FN4O. The average molecular weight is 342 g/mol. The largest absolute Gasteiger partial charge is 0.342 e. The second kappa shape index (κ2) is 6.58. The molecule has 1 saturated heterocycles. The Labute approximate surface area is 146 Å². The van der Waals surface area contributed by atoms with Crippen molar-refractivity contribution < 1.29 is 9.18 Å². The molecule has 1 aromatic carbocycles. The molecular weight excluding hydrogens is 319 g/mol. The highest BCUT2D eigenvalue weighted by atomic mass is 19.1. The zero-order valence-corrected chi connectivity index (χ0v) is 14.4. The fourth-order valence-corrected chi connectivity index (χ4v) is 3.99. The quantitative estimate of drug-likeness (QED) is 0.858. The van der Waals surface area contributed by atoms with Crippen molar-refractivity contribution in [1.82, 2.24) is 19.7 Å². The molecule has 1 amide bonds. The average Bonchev–Trinajstić information content (AvgIpc) is 3.30. The third-order valence-corrected chi connectivity index (χ3v) is 5.54. The number of rotatable bonds is 4. The smallest absolute Gasteiger partial charge is 0.226 e. The van der Waals surface area contributed by atoms with Gasteiger partial charge in [0.2, 0.25) is 5.91 Å². The van der Waals surface area contributed by atoms with E-state index in [2.05, 4.69) is 21.7 Å². The Kier molecular flexibility index (Phi) is 4.27. The zero-order chi connectivity index (χ0) is 17.4. The van der Waals surface area contributed by atoms with E-state index in [1.807, 2.05) is 11.0 Å². The van der Waals surface area contributed by atoms with Crippen molar-refractivity contribution >= 4 is 5.91 Å². The normalized spacial score (nSPS) is 23.7. The Morgan fingerprint density at radius 1 is 1.32 bits per heavy atom. The molecule has 0 radical (unpaired) electrons. The van der Waals surface area contributed by atoms with Crippen LogP contribution in [-0.4, -0.2) is 38.7 Å². The molecule has 0 bridgehead atoms. The van der Waals surface area contributed by atoms with Crippen LogP contribution in [-0.2, 0) is 11.3 Å². The maximum absolute atomic E-state index is 13.4. The molecule has 2 aliphatic rings. The van der Waals surface area contributed by atoms with E-state index in [1.165, 1.54) is 6.07 Å². The van der Waals surface area contributed by atoms with Crippen molar-refractivity contribution in [3.63, 3.8) is 0 Å². The van der Waals surface area contributed by atoms with E-state index in [1.54, 1.807) is 18.5 Å². The van der Waals surface area contributed by atoms with Crippen molar-refractivity contribution in [3.8, 4) is 0 Å². The summed E-state index contributed by atoms with van der Waals surface area (Å²) in [6.45, 7) is 4.50. The van der Waals surface area contributed by atoms with E-state index in [9.17, 15) is 9.18 Å². The van der Waals surface area contributed by atoms with Gasteiger partial charge in [-0.1, -0.05) is 12.1 Å². The van der Waals surface area contributed by atoms with Crippen LogP contribution in [0.5, 0.6) is 0 Å². The molecule has 0 N–H and O–H groups in total. The highest BCUT2D eigenvalue weighted by Crippen LogP contribution is 2.49. The minimum Gasteiger partial charge on any atom is -0.342 e. The van der Waals surface area contributed by atoms with E-state index in [0.717, 1.165) is 50.3 Å². The third kappa shape index (κ3) is 3.17. The number of amides is 1. The van der Waals surface area contributed by atoms with Gasteiger partial charge in [-0.05, 0) is 49.8 Å². The Balaban J connectivity index is 1.35. The number of hydrogen-bond donors (Lipinski definition) is 0. The van der Waals surface area contributed by atoms with Crippen LogP contribution < -0.4 is 0 Å². The Morgan fingerprint density at radius 3 is 2.84 bits per heavy atom. The maximum atomic E-state index is 13.4. The number of hydrogen-bond acceptors (Lipinski definition) is 3. The van der Waals surface area contributed by atoms with E-state index in [0.29, 0.717) is 5.92 Å². The minimum absolute atomic E-state index is 0.0256. The first-order valence-corrected chi connectivity index (χ1v) is 9.09. The summed E-state index contributed by atoms with van der Waals surface area (Å²) in [5, 5.41) is 8.27. The summed E-state index contributed by atoms with van der Waals surface area (Å²) in [6, 6.07) is 6.65. The lowest BCUT2D eigenvalue weighted by atomic mass is 9.95. The first kappa shape index (κ1) is 16.2. The van der Waals surface area contributed by atoms with E-state index < -0.39 is 0 Å². The van der Waals surface area contributed by atoms with Crippen LogP contribution in [0.4, 0.5) is 4.39 Å². The second-order valence-corrected chi connectivity index (χ2v) is 7.08. The molecule has 1 aromatic heterocycles. The molecule has 0 unspecified atom stereocenters. The molecule has 2 aromatic rings. The lowest BCUT2D eigenvalue weighted by Gasteiger charge is -2.32. The monoisotopic (exact) mass is 342 g/mol. The van der Waals surface area contributed by atoms with Gasteiger partial charge < -0.3 is 9.47 Å². The van der Waals surface area contributed by atoms with Crippen LogP contribution >= 0.6 is 0 Å². The van der Waals surface area contributed by atoms with Crippen molar-refractivity contribution in [2.45, 2.75) is 44.6 Å². The number of aryl methyl sites for hydroxylation is 1. The van der Waals surface area contributed by atoms with Gasteiger partial charge in [0.25, 0.3) is 0 Å². The molecule has 1 saturated carbocycles. The van der Waals surface area contributed by atoms with Crippen LogP contribution in [0.25, 0.3) is 0 Å². The predicted octanol–water partition coefficient (Wildman–Crippen LogP) is 2.95. The topological polar surface area (TPSA) is 51.0 Å². The molecule has 2 heterocycles. The molecule has 1 aliphatic carbocycles. The third-order valence-electron chi connectivity index (χ3n) is 5.54. The van der Waals surface area contributed by atoms with Crippen molar-refractivity contribution in [3.05, 3.63) is 47.8 Å². The summed E-state index contributed by atoms with van der Waals surface area (Å²) in [5.74, 6) is 1.63. The Morgan fingerprint density at radius 2 is 2.12 bits per heavy atom. The van der Waals surface area contributed by atoms with Gasteiger partial charge in [0, 0.05) is 31.5 Å². The first-order chi connectivity index (χ1) is 12.2. The lowest BCUT2D eigenvalue weighted by Crippen LogP contribution is -2.39. The first-order valence-electron chi connectivity index (χ1n) is 9.09. The summed E-state index contributed by atoms with van der Waals surface area (Å²) in [5.41, 5.74) is 0.948. The number of benzene rings is 1. The van der Waals surface area contributed by atoms with Gasteiger partial charge in [0.15, 0.2) is 0 Å². The number of carbonyl (C=O) groups is 1. The highest BCUT2D eigenvalue weighted by molar-refractivity contribution is 5.83. The van der Waals surface area contributed by atoms with Gasteiger partial charge in [-0.15, -0.1) is 10.2 Å². The number of nitrogens with zero attached hydrogens (tertiary/aromatic N) is 4. The van der Waals surface area contributed by atoms with Gasteiger partial charge in [-0.25, -0.2) is 4.39 Å². The van der Waals surface area contributed by atoms with Gasteiger partial charge in [-0.3, -0.25) is 4.79 Å². The second-order valence-electron chi connectivity index (χ2n) is 7.08.